The molecule has 0 atom stereocenters. The van der Waals surface area contributed by atoms with E-state index >= 15 is 0 Å². The molecule has 2 N–H and O–H groups in total. The molecular weight excluding hydrogens is 321 g/mol. The highest BCUT2D eigenvalue weighted by molar-refractivity contribution is 6.03. The van der Waals surface area contributed by atoms with Crippen molar-refractivity contribution in [2.24, 2.45) is 0 Å². The number of nitrogens with one attached hydrogen (secondary N) is 1. The Hall–Kier alpha value is -2.89. The molecular formula is C19H18FN3O2. The first-order valence-corrected chi connectivity index (χ1v) is 8.34. The van der Waals surface area contributed by atoms with Gasteiger partial charge in [-0.05, 0) is 41.8 Å². The van der Waals surface area contributed by atoms with E-state index in [0.29, 0.717) is 18.6 Å². The number of benzene rings is 2. The SMILES string of the molecule is CCCc1[nH]nc2c(O)c(C(=O)N3Cc4ccc(F)cc4C3)ccc12. The van der Waals surface area contributed by atoms with Gasteiger partial charge in [-0.1, -0.05) is 19.4 Å². The molecule has 3 aromatic rings. The Kier molecular flexibility index (Phi) is 3.67. The molecule has 0 saturated carbocycles. The maximum absolute atomic E-state index is 13.4. The monoisotopic (exact) mass is 339 g/mol. The van der Waals surface area contributed by atoms with E-state index in [4.69, 9.17) is 0 Å². The number of aromatic hydroxyl groups is 1. The third kappa shape index (κ3) is 2.54. The molecule has 4 rings (SSSR count). The molecule has 0 spiro atoms. The number of hydrogen-bond donors (Lipinski definition) is 2. The number of aromatic amines is 1. The summed E-state index contributed by atoms with van der Waals surface area (Å²) in [6.07, 6.45) is 1.79. The van der Waals surface area contributed by atoms with Crippen molar-refractivity contribution in [3.8, 4) is 5.75 Å². The van der Waals surface area contributed by atoms with Crippen LogP contribution in [0.25, 0.3) is 10.9 Å². The van der Waals surface area contributed by atoms with E-state index in [1.807, 2.05) is 6.07 Å². The van der Waals surface area contributed by atoms with Gasteiger partial charge in [0.15, 0.2) is 5.75 Å². The fourth-order valence-corrected chi connectivity index (χ4v) is 3.41. The van der Waals surface area contributed by atoms with E-state index in [9.17, 15) is 14.3 Å². The molecule has 1 aromatic heterocycles. The third-order valence-corrected chi connectivity index (χ3v) is 4.69. The molecule has 0 fully saturated rings. The van der Waals surface area contributed by atoms with Crippen molar-refractivity contribution in [1.29, 1.82) is 0 Å². The first kappa shape index (κ1) is 15.6. The Morgan fingerprint density at radius 1 is 1.28 bits per heavy atom. The van der Waals surface area contributed by atoms with Crippen LogP contribution in [0.15, 0.2) is 30.3 Å². The second-order valence-electron chi connectivity index (χ2n) is 6.38. The zero-order valence-corrected chi connectivity index (χ0v) is 13.8. The second kappa shape index (κ2) is 5.88. The average molecular weight is 339 g/mol. The number of nitrogens with zero attached hydrogens (tertiary/aromatic N) is 2. The lowest BCUT2D eigenvalue weighted by atomic mass is 10.1. The number of halogens is 1. The van der Waals surface area contributed by atoms with Gasteiger partial charge in [0.1, 0.15) is 11.3 Å². The van der Waals surface area contributed by atoms with Crippen molar-refractivity contribution in [2.45, 2.75) is 32.9 Å². The van der Waals surface area contributed by atoms with Crippen LogP contribution in [-0.2, 0) is 19.5 Å². The van der Waals surface area contributed by atoms with Crippen LogP contribution in [0.1, 0.15) is 40.5 Å². The first-order valence-electron chi connectivity index (χ1n) is 8.34. The molecule has 1 amide bonds. The number of carbonyl (C=O) groups is 1. The highest BCUT2D eigenvalue weighted by Gasteiger charge is 2.27. The number of aromatic nitrogens is 2. The number of aryl methyl sites for hydroxylation is 1. The van der Waals surface area contributed by atoms with Gasteiger partial charge in [-0.15, -0.1) is 0 Å². The van der Waals surface area contributed by atoms with E-state index < -0.39 is 0 Å². The molecule has 6 heteroatoms. The van der Waals surface area contributed by atoms with Gasteiger partial charge in [0, 0.05) is 24.2 Å². The van der Waals surface area contributed by atoms with Crippen LogP contribution >= 0.6 is 0 Å². The van der Waals surface area contributed by atoms with E-state index in [1.165, 1.54) is 12.1 Å². The lowest BCUT2D eigenvalue weighted by Gasteiger charge is -2.16. The Labute approximate surface area is 144 Å². The van der Waals surface area contributed by atoms with Crippen molar-refractivity contribution in [1.82, 2.24) is 15.1 Å². The second-order valence-corrected chi connectivity index (χ2v) is 6.38. The summed E-state index contributed by atoms with van der Waals surface area (Å²) in [5.74, 6) is -0.698. The summed E-state index contributed by atoms with van der Waals surface area (Å²) in [4.78, 5) is 14.4. The standard InChI is InChI=1S/C19H18FN3O2/c1-2-3-16-14-6-7-15(18(24)17(14)22-21-16)19(25)23-9-11-4-5-13(20)8-12(11)10-23/h4-8,24H,2-3,9-10H2,1H3,(H,21,22). The molecule has 128 valence electrons. The van der Waals surface area contributed by atoms with Gasteiger partial charge >= 0.3 is 0 Å². The molecule has 2 heterocycles. The number of amides is 1. The van der Waals surface area contributed by atoms with E-state index in [2.05, 4.69) is 17.1 Å². The number of carbonyl (C=O) groups excluding carboxylic acids is 1. The molecule has 2 aromatic carbocycles. The summed E-state index contributed by atoms with van der Waals surface area (Å²) in [6.45, 7) is 2.82. The first-order chi connectivity index (χ1) is 12.1. The average Bonchev–Trinajstić information content (AvgIpc) is 3.19. The van der Waals surface area contributed by atoms with E-state index in [0.717, 1.165) is 35.0 Å². The van der Waals surface area contributed by atoms with Gasteiger partial charge < -0.3 is 10.0 Å². The molecule has 0 saturated heterocycles. The predicted octanol–water partition coefficient (Wildman–Crippen LogP) is 3.52. The summed E-state index contributed by atoms with van der Waals surface area (Å²) in [5.41, 5.74) is 3.32. The summed E-state index contributed by atoms with van der Waals surface area (Å²) >= 11 is 0. The fourth-order valence-electron chi connectivity index (χ4n) is 3.41. The molecule has 0 radical (unpaired) electrons. The number of phenolic OH excluding ortho intramolecular Hbond substituents is 1. The number of H-pyrrole nitrogens is 1. The maximum atomic E-state index is 13.4. The van der Waals surface area contributed by atoms with Gasteiger partial charge in [-0.3, -0.25) is 9.89 Å². The van der Waals surface area contributed by atoms with Gasteiger partial charge in [0.2, 0.25) is 0 Å². The smallest absolute Gasteiger partial charge is 0.258 e. The van der Waals surface area contributed by atoms with Crippen molar-refractivity contribution in [3.63, 3.8) is 0 Å². The molecule has 0 bridgehead atoms. The lowest BCUT2D eigenvalue weighted by Crippen LogP contribution is -2.25. The van der Waals surface area contributed by atoms with Gasteiger partial charge in [-0.2, -0.15) is 5.10 Å². The quantitative estimate of drug-likeness (QED) is 0.767. The summed E-state index contributed by atoms with van der Waals surface area (Å²) in [6, 6.07) is 8.01. The van der Waals surface area contributed by atoms with Gasteiger partial charge in [0.25, 0.3) is 5.91 Å². The maximum Gasteiger partial charge on any atom is 0.258 e. The van der Waals surface area contributed by atoms with Crippen LogP contribution in [-0.4, -0.2) is 26.1 Å². The third-order valence-electron chi connectivity index (χ3n) is 4.69. The Morgan fingerprint density at radius 3 is 2.88 bits per heavy atom. The Morgan fingerprint density at radius 2 is 2.08 bits per heavy atom. The minimum absolute atomic E-state index is 0.108. The fraction of sp³-hybridized carbons (Fsp3) is 0.263. The number of fused-ring (bicyclic) bond motifs is 2. The zero-order chi connectivity index (χ0) is 17.6. The summed E-state index contributed by atoms with van der Waals surface area (Å²) < 4.78 is 13.4. The Balaban J connectivity index is 1.66. The molecule has 0 unspecified atom stereocenters. The van der Waals surface area contributed by atoms with Crippen LogP contribution in [0, 0.1) is 5.82 Å². The number of hydrogen-bond acceptors (Lipinski definition) is 3. The van der Waals surface area contributed by atoms with Crippen molar-refractivity contribution < 1.29 is 14.3 Å². The zero-order valence-electron chi connectivity index (χ0n) is 13.8. The lowest BCUT2D eigenvalue weighted by molar-refractivity contribution is 0.0748. The number of rotatable bonds is 3. The molecule has 5 nitrogen and oxygen atoms in total. The number of phenols is 1. The van der Waals surface area contributed by atoms with Crippen LogP contribution in [0.4, 0.5) is 4.39 Å². The highest BCUT2D eigenvalue weighted by atomic mass is 19.1. The Bertz CT molecular complexity index is 980. The largest absolute Gasteiger partial charge is 0.505 e. The van der Waals surface area contributed by atoms with Crippen LogP contribution in [0.2, 0.25) is 0 Å². The topological polar surface area (TPSA) is 69.2 Å². The highest BCUT2D eigenvalue weighted by Crippen LogP contribution is 2.32. The van der Waals surface area contributed by atoms with Crippen LogP contribution in [0.3, 0.4) is 0 Å². The van der Waals surface area contributed by atoms with E-state index in [1.54, 1.807) is 17.0 Å². The van der Waals surface area contributed by atoms with Crippen LogP contribution < -0.4 is 0 Å². The van der Waals surface area contributed by atoms with Gasteiger partial charge in [0.05, 0.1) is 5.56 Å². The van der Waals surface area contributed by atoms with Crippen molar-refractivity contribution in [3.05, 3.63) is 58.5 Å². The summed E-state index contributed by atoms with van der Waals surface area (Å²) in [7, 11) is 0. The minimum Gasteiger partial charge on any atom is -0.505 e. The summed E-state index contributed by atoms with van der Waals surface area (Å²) in [5, 5.41) is 18.5. The van der Waals surface area contributed by atoms with Crippen molar-refractivity contribution >= 4 is 16.8 Å². The van der Waals surface area contributed by atoms with Crippen molar-refractivity contribution in [2.75, 3.05) is 0 Å². The van der Waals surface area contributed by atoms with Gasteiger partial charge in [-0.25, -0.2) is 4.39 Å². The minimum atomic E-state index is -0.308. The molecule has 25 heavy (non-hydrogen) atoms. The molecule has 1 aliphatic heterocycles. The molecule has 1 aliphatic rings. The van der Waals surface area contributed by atoms with Crippen LogP contribution in [0.5, 0.6) is 5.75 Å². The predicted molar refractivity (Wildman–Crippen MR) is 91.7 cm³/mol. The molecule has 0 aliphatic carbocycles. The normalized spacial score (nSPS) is 13.4. The van der Waals surface area contributed by atoms with E-state index in [-0.39, 0.29) is 23.0 Å².